The number of fused-ring (bicyclic) bond motifs is 1. The number of hydrogen-bond acceptors (Lipinski definition) is 5. The predicted molar refractivity (Wildman–Crippen MR) is 91.2 cm³/mol. The summed E-state index contributed by atoms with van der Waals surface area (Å²) >= 11 is 0. The van der Waals surface area contributed by atoms with Gasteiger partial charge in [-0.1, -0.05) is 20.3 Å². The highest BCUT2D eigenvalue weighted by Crippen LogP contribution is 2.69. The van der Waals surface area contributed by atoms with Crippen LogP contribution in [0.1, 0.15) is 65.7 Å². The second-order valence-electron chi connectivity index (χ2n) is 9.43. The third-order valence-corrected chi connectivity index (χ3v) is 7.75. The number of esters is 1. The zero-order chi connectivity index (χ0) is 18.0. The largest absolute Gasteiger partial charge is 0.429 e. The van der Waals surface area contributed by atoms with Crippen molar-refractivity contribution in [2.75, 3.05) is 0 Å². The molecular formula is C20H30O5. The first-order chi connectivity index (χ1) is 11.7. The number of aliphatic hydroxyl groups excluding tert-OH is 2. The minimum atomic E-state index is -1.11. The van der Waals surface area contributed by atoms with Crippen LogP contribution in [-0.2, 0) is 14.3 Å². The van der Waals surface area contributed by atoms with Gasteiger partial charge in [0, 0.05) is 17.1 Å². The van der Waals surface area contributed by atoms with E-state index in [-0.39, 0.29) is 22.3 Å². The van der Waals surface area contributed by atoms with Crippen LogP contribution in [0.15, 0.2) is 11.6 Å². The number of carbonyl (C=O) groups is 1. The zero-order valence-electron chi connectivity index (χ0n) is 15.5. The number of carbonyl (C=O) groups excluding carboxylic acids is 1. The first-order valence-electron chi connectivity index (χ1n) is 9.64. The average Bonchev–Trinajstić information content (AvgIpc) is 2.87. The standard InChI is InChI=1S/C20H30O5/c1-18(2)8-4-9-20-13(18)7-10-19(3,25-17(20)23)14(20)6-5-12-11-15(21)24-16(12)22/h11,13-14,16-17,22-23H,4-10H2,1-3H3/t13-,14-,16?,17-,19-,20+/m0/s1. The van der Waals surface area contributed by atoms with Crippen LogP contribution in [0.3, 0.4) is 0 Å². The Hall–Kier alpha value is -0.910. The minimum absolute atomic E-state index is 0.205. The molecule has 2 aliphatic carbocycles. The van der Waals surface area contributed by atoms with Crippen molar-refractivity contribution in [3.05, 3.63) is 11.6 Å². The van der Waals surface area contributed by atoms with Gasteiger partial charge in [0.1, 0.15) is 0 Å². The van der Waals surface area contributed by atoms with Gasteiger partial charge in [-0.25, -0.2) is 4.79 Å². The van der Waals surface area contributed by atoms with Gasteiger partial charge in [-0.3, -0.25) is 0 Å². The number of ether oxygens (including phenoxy) is 2. The smallest absolute Gasteiger partial charge is 0.333 e. The molecule has 0 aromatic rings. The molecule has 1 saturated heterocycles. The summed E-state index contributed by atoms with van der Waals surface area (Å²) in [6.45, 7) is 6.80. The summed E-state index contributed by atoms with van der Waals surface area (Å²) in [5, 5.41) is 20.8. The maximum Gasteiger partial charge on any atom is 0.333 e. The van der Waals surface area contributed by atoms with Gasteiger partial charge in [-0.15, -0.1) is 0 Å². The fourth-order valence-electron chi connectivity index (χ4n) is 6.67. The highest BCUT2D eigenvalue weighted by Gasteiger charge is 2.69. The number of hydrogen-bond donors (Lipinski definition) is 2. The fraction of sp³-hybridized carbons (Fsp3) is 0.850. The highest BCUT2D eigenvalue weighted by atomic mass is 16.6. The molecule has 2 saturated carbocycles. The van der Waals surface area contributed by atoms with E-state index < -0.39 is 18.5 Å². The summed E-state index contributed by atoms with van der Waals surface area (Å²) in [6, 6.07) is 0. The lowest BCUT2D eigenvalue weighted by atomic mass is 9.45. The van der Waals surface area contributed by atoms with Crippen LogP contribution in [-0.4, -0.2) is 34.4 Å². The normalized spacial score (nSPS) is 48.0. The van der Waals surface area contributed by atoms with Gasteiger partial charge in [-0.2, -0.15) is 0 Å². The summed E-state index contributed by atoms with van der Waals surface area (Å²) in [7, 11) is 0. The molecule has 4 aliphatic rings. The minimum Gasteiger partial charge on any atom is -0.429 e. The topological polar surface area (TPSA) is 76.0 Å². The molecule has 2 N–H and O–H groups in total. The lowest BCUT2D eigenvalue weighted by Gasteiger charge is -2.58. The van der Waals surface area contributed by atoms with E-state index >= 15 is 0 Å². The lowest BCUT2D eigenvalue weighted by Crippen LogP contribution is -2.56. The Bertz CT molecular complexity index is 611. The van der Waals surface area contributed by atoms with E-state index in [0.717, 1.165) is 32.1 Å². The van der Waals surface area contributed by atoms with Crippen LogP contribution in [0, 0.1) is 22.7 Å². The molecule has 3 fully saturated rings. The zero-order valence-corrected chi connectivity index (χ0v) is 15.5. The maximum atomic E-state index is 11.4. The van der Waals surface area contributed by atoms with Gasteiger partial charge in [-0.05, 0) is 62.7 Å². The van der Waals surface area contributed by atoms with E-state index in [0.29, 0.717) is 17.9 Å². The van der Waals surface area contributed by atoms with Gasteiger partial charge < -0.3 is 19.7 Å². The first kappa shape index (κ1) is 17.5. The SMILES string of the molecule is CC1(C)CCC[C@]23[C@@H](CCC4=CC(=O)OC4O)[C@](C)(CC[C@@H]12)O[C@@H]3O. The van der Waals surface area contributed by atoms with Crippen molar-refractivity contribution in [2.24, 2.45) is 22.7 Å². The molecular weight excluding hydrogens is 320 g/mol. The van der Waals surface area contributed by atoms with Crippen LogP contribution in [0.4, 0.5) is 0 Å². The molecule has 2 aliphatic heterocycles. The van der Waals surface area contributed by atoms with Gasteiger partial charge in [0.05, 0.1) is 5.60 Å². The number of cyclic esters (lactones) is 1. The van der Waals surface area contributed by atoms with E-state index in [1.54, 1.807) is 0 Å². The Labute approximate surface area is 149 Å². The van der Waals surface area contributed by atoms with E-state index in [1.807, 2.05) is 0 Å². The molecule has 140 valence electrons. The van der Waals surface area contributed by atoms with Crippen molar-refractivity contribution in [1.29, 1.82) is 0 Å². The summed E-state index contributed by atoms with van der Waals surface area (Å²) in [4.78, 5) is 11.4. The molecule has 5 nitrogen and oxygen atoms in total. The Morgan fingerprint density at radius 1 is 1.20 bits per heavy atom. The lowest BCUT2D eigenvalue weighted by molar-refractivity contribution is -0.177. The van der Waals surface area contributed by atoms with Crippen molar-refractivity contribution in [3.63, 3.8) is 0 Å². The monoisotopic (exact) mass is 350 g/mol. The first-order valence-corrected chi connectivity index (χ1v) is 9.64. The van der Waals surface area contributed by atoms with Crippen molar-refractivity contribution < 1.29 is 24.5 Å². The van der Waals surface area contributed by atoms with Gasteiger partial charge >= 0.3 is 5.97 Å². The van der Waals surface area contributed by atoms with Gasteiger partial charge in [0.25, 0.3) is 0 Å². The molecule has 5 heteroatoms. The molecule has 0 radical (unpaired) electrons. The molecule has 0 aromatic carbocycles. The fourth-order valence-corrected chi connectivity index (χ4v) is 6.67. The van der Waals surface area contributed by atoms with Gasteiger partial charge in [0.15, 0.2) is 6.29 Å². The molecule has 1 unspecified atom stereocenters. The van der Waals surface area contributed by atoms with Crippen molar-refractivity contribution in [1.82, 2.24) is 0 Å². The van der Waals surface area contributed by atoms with Crippen LogP contribution in [0.5, 0.6) is 0 Å². The molecule has 0 aromatic heterocycles. The quantitative estimate of drug-likeness (QED) is 0.766. The molecule has 6 atom stereocenters. The van der Waals surface area contributed by atoms with Crippen LogP contribution < -0.4 is 0 Å². The molecule has 0 amide bonds. The summed E-state index contributed by atoms with van der Waals surface area (Å²) in [6.07, 6.45) is 6.38. The summed E-state index contributed by atoms with van der Waals surface area (Å²) in [5.41, 5.74) is 0.329. The molecule has 2 bridgehead atoms. The van der Waals surface area contributed by atoms with Crippen molar-refractivity contribution >= 4 is 5.97 Å². The number of aliphatic hydroxyl groups is 2. The van der Waals surface area contributed by atoms with E-state index in [2.05, 4.69) is 20.8 Å². The Morgan fingerprint density at radius 2 is 1.96 bits per heavy atom. The third-order valence-electron chi connectivity index (χ3n) is 7.75. The van der Waals surface area contributed by atoms with Crippen molar-refractivity contribution in [3.8, 4) is 0 Å². The molecule has 4 rings (SSSR count). The molecule has 25 heavy (non-hydrogen) atoms. The summed E-state index contributed by atoms with van der Waals surface area (Å²) in [5.74, 6) is 0.216. The van der Waals surface area contributed by atoms with E-state index in [4.69, 9.17) is 9.47 Å². The Kier molecular flexibility index (Phi) is 3.88. The second-order valence-corrected chi connectivity index (χ2v) is 9.43. The highest BCUT2D eigenvalue weighted by molar-refractivity contribution is 5.85. The number of rotatable bonds is 3. The molecule has 2 heterocycles. The second kappa shape index (κ2) is 5.54. The average molecular weight is 350 g/mol. The van der Waals surface area contributed by atoms with Gasteiger partial charge in [0.2, 0.25) is 6.29 Å². The van der Waals surface area contributed by atoms with E-state index in [1.165, 1.54) is 12.5 Å². The van der Waals surface area contributed by atoms with Crippen LogP contribution >= 0.6 is 0 Å². The maximum absolute atomic E-state index is 11.4. The van der Waals surface area contributed by atoms with Crippen LogP contribution in [0.2, 0.25) is 0 Å². The summed E-state index contributed by atoms with van der Waals surface area (Å²) < 4.78 is 11.0. The molecule has 1 spiro atoms. The Morgan fingerprint density at radius 3 is 2.64 bits per heavy atom. The Balaban J connectivity index is 1.64. The van der Waals surface area contributed by atoms with E-state index in [9.17, 15) is 15.0 Å². The van der Waals surface area contributed by atoms with Crippen LogP contribution in [0.25, 0.3) is 0 Å². The van der Waals surface area contributed by atoms with Crippen molar-refractivity contribution in [2.45, 2.75) is 83.9 Å². The third kappa shape index (κ3) is 2.42. The predicted octanol–water partition coefficient (Wildman–Crippen LogP) is 2.90.